The fraction of sp³-hybridized carbons (Fsp3) is 0.0833. The van der Waals surface area contributed by atoms with Crippen LogP contribution in [0.4, 0.5) is 0 Å². The van der Waals surface area contributed by atoms with Crippen molar-refractivity contribution in [3.8, 4) is 16.9 Å². The van der Waals surface area contributed by atoms with E-state index in [4.69, 9.17) is 0 Å². The number of hydrogen-bond acceptors (Lipinski definition) is 1. The first-order valence-corrected chi connectivity index (χ1v) is 4.48. The predicted molar refractivity (Wildman–Crippen MR) is 52.5 cm³/mol. The summed E-state index contributed by atoms with van der Waals surface area (Å²) in [6, 6.07) is 11.5. The van der Waals surface area contributed by atoms with E-state index in [2.05, 4.69) is 0 Å². The van der Waals surface area contributed by atoms with Gasteiger partial charge in [0.25, 0.3) is 0 Å². The minimum atomic E-state index is 0.0360. The molecule has 0 N–H and O–H groups in total. The van der Waals surface area contributed by atoms with Crippen molar-refractivity contribution >= 4 is 0 Å². The van der Waals surface area contributed by atoms with Gasteiger partial charge in [-0.05, 0) is 11.3 Å². The van der Waals surface area contributed by atoms with Gasteiger partial charge in [0.05, 0.1) is 0 Å². The van der Waals surface area contributed by atoms with Crippen LogP contribution in [-0.4, -0.2) is 0 Å². The topological polar surface area (TPSA) is 26.9 Å². The lowest BCUT2D eigenvalue weighted by atomic mass is 10.1. The standard InChI is InChI=1S/C12H11NO/c1-13-8-11(7-12(14)9-13)10-5-3-2-4-6-10/h2-9H,1H3. The van der Waals surface area contributed by atoms with E-state index in [9.17, 15) is 5.11 Å². The Morgan fingerprint density at radius 2 is 1.71 bits per heavy atom. The van der Waals surface area contributed by atoms with Gasteiger partial charge in [-0.3, -0.25) is 0 Å². The smallest absolute Gasteiger partial charge is 0.176 e. The van der Waals surface area contributed by atoms with Crippen LogP contribution in [0.1, 0.15) is 0 Å². The molecule has 0 aliphatic carbocycles. The zero-order valence-corrected chi connectivity index (χ0v) is 7.97. The molecule has 14 heavy (non-hydrogen) atoms. The van der Waals surface area contributed by atoms with Crippen LogP contribution in [0.15, 0.2) is 48.8 Å². The monoisotopic (exact) mass is 185 g/mol. The highest BCUT2D eigenvalue weighted by molar-refractivity contribution is 5.62. The van der Waals surface area contributed by atoms with E-state index in [1.807, 2.05) is 43.6 Å². The van der Waals surface area contributed by atoms with E-state index in [1.165, 1.54) is 0 Å². The van der Waals surface area contributed by atoms with Crippen molar-refractivity contribution < 1.29 is 9.67 Å². The van der Waals surface area contributed by atoms with Crippen molar-refractivity contribution in [2.75, 3.05) is 0 Å². The molecule has 0 bridgehead atoms. The van der Waals surface area contributed by atoms with Crippen molar-refractivity contribution in [2.45, 2.75) is 0 Å². The van der Waals surface area contributed by atoms with Crippen molar-refractivity contribution in [3.63, 3.8) is 0 Å². The van der Waals surface area contributed by atoms with Gasteiger partial charge in [0.15, 0.2) is 12.4 Å². The molecule has 0 atom stereocenters. The molecule has 1 heterocycles. The largest absolute Gasteiger partial charge is 0.868 e. The molecule has 0 fully saturated rings. The molecule has 2 aromatic rings. The number of aryl methyl sites for hydroxylation is 1. The normalized spacial score (nSPS) is 10.1. The Bertz CT molecular complexity index is 417. The van der Waals surface area contributed by atoms with Crippen molar-refractivity contribution in [1.82, 2.24) is 0 Å². The van der Waals surface area contributed by atoms with Crippen LogP contribution in [0.25, 0.3) is 11.1 Å². The van der Waals surface area contributed by atoms with Gasteiger partial charge < -0.3 is 5.11 Å². The zero-order chi connectivity index (χ0) is 9.97. The fourth-order valence-electron chi connectivity index (χ4n) is 1.47. The lowest BCUT2D eigenvalue weighted by molar-refractivity contribution is -0.673. The summed E-state index contributed by atoms with van der Waals surface area (Å²) in [5.41, 5.74) is 2.03. The molecule has 1 aromatic heterocycles. The number of pyridine rings is 1. The average molecular weight is 185 g/mol. The van der Waals surface area contributed by atoms with Crippen LogP contribution < -0.4 is 9.67 Å². The molecule has 2 nitrogen and oxygen atoms in total. The minimum Gasteiger partial charge on any atom is -0.868 e. The Morgan fingerprint density at radius 3 is 2.36 bits per heavy atom. The molecule has 70 valence electrons. The van der Waals surface area contributed by atoms with E-state index in [1.54, 1.807) is 16.8 Å². The Kier molecular flexibility index (Phi) is 2.19. The summed E-state index contributed by atoms with van der Waals surface area (Å²) in [5, 5.41) is 11.3. The summed E-state index contributed by atoms with van der Waals surface area (Å²) in [4.78, 5) is 0. The molecule has 0 radical (unpaired) electrons. The molecule has 0 saturated carbocycles. The van der Waals surface area contributed by atoms with Gasteiger partial charge >= 0.3 is 0 Å². The van der Waals surface area contributed by atoms with Crippen molar-refractivity contribution in [1.29, 1.82) is 0 Å². The van der Waals surface area contributed by atoms with Crippen LogP contribution in [0.2, 0.25) is 0 Å². The van der Waals surface area contributed by atoms with Crippen LogP contribution >= 0.6 is 0 Å². The molecular weight excluding hydrogens is 174 g/mol. The number of rotatable bonds is 1. The predicted octanol–water partition coefficient (Wildman–Crippen LogP) is 1.25. The lowest BCUT2D eigenvalue weighted by Crippen LogP contribution is -2.27. The summed E-state index contributed by atoms with van der Waals surface area (Å²) in [5.74, 6) is 0.0360. The van der Waals surface area contributed by atoms with E-state index >= 15 is 0 Å². The molecule has 2 heteroatoms. The van der Waals surface area contributed by atoms with Crippen LogP contribution in [0, 0.1) is 0 Å². The molecule has 2 rings (SSSR count). The first-order valence-electron chi connectivity index (χ1n) is 4.48. The van der Waals surface area contributed by atoms with Crippen LogP contribution in [0.3, 0.4) is 0 Å². The lowest BCUT2D eigenvalue weighted by Gasteiger charge is -2.05. The molecule has 0 amide bonds. The van der Waals surface area contributed by atoms with Gasteiger partial charge in [-0.25, -0.2) is 4.57 Å². The van der Waals surface area contributed by atoms with Gasteiger partial charge in [0, 0.05) is 5.56 Å². The highest BCUT2D eigenvalue weighted by atomic mass is 16.3. The molecule has 0 saturated heterocycles. The minimum absolute atomic E-state index is 0.0360. The number of hydrogen-bond donors (Lipinski definition) is 0. The molecule has 0 spiro atoms. The second-order valence-corrected chi connectivity index (χ2v) is 3.29. The zero-order valence-electron chi connectivity index (χ0n) is 7.97. The maximum Gasteiger partial charge on any atom is 0.176 e. The maximum atomic E-state index is 11.3. The Morgan fingerprint density at radius 1 is 1.00 bits per heavy atom. The van der Waals surface area contributed by atoms with E-state index in [0.29, 0.717) is 0 Å². The van der Waals surface area contributed by atoms with Crippen LogP contribution in [-0.2, 0) is 7.05 Å². The first-order chi connectivity index (χ1) is 6.75. The summed E-state index contributed by atoms with van der Waals surface area (Å²) in [6.45, 7) is 0. The highest BCUT2D eigenvalue weighted by Crippen LogP contribution is 2.18. The quantitative estimate of drug-likeness (QED) is 0.614. The second-order valence-electron chi connectivity index (χ2n) is 3.29. The molecular formula is C12H11NO. The average Bonchev–Trinajstić information content (AvgIpc) is 2.18. The Hall–Kier alpha value is -1.83. The summed E-state index contributed by atoms with van der Waals surface area (Å²) in [7, 11) is 1.86. The van der Waals surface area contributed by atoms with Crippen molar-refractivity contribution in [3.05, 3.63) is 48.8 Å². The summed E-state index contributed by atoms with van der Waals surface area (Å²) in [6.07, 6.45) is 3.50. The molecule has 0 unspecified atom stereocenters. The van der Waals surface area contributed by atoms with E-state index < -0.39 is 0 Å². The second kappa shape index (κ2) is 3.50. The first kappa shape index (κ1) is 8.75. The van der Waals surface area contributed by atoms with E-state index in [-0.39, 0.29) is 5.75 Å². The van der Waals surface area contributed by atoms with Gasteiger partial charge in [-0.2, -0.15) is 0 Å². The summed E-state index contributed by atoms with van der Waals surface area (Å²) >= 11 is 0. The van der Waals surface area contributed by atoms with Crippen LogP contribution in [0.5, 0.6) is 5.75 Å². The molecule has 0 aliphatic rings. The van der Waals surface area contributed by atoms with Crippen molar-refractivity contribution in [2.24, 2.45) is 7.05 Å². The Labute approximate surface area is 83.1 Å². The molecule has 1 aromatic carbocycles. The van der Waals surface area contributed by atoms with Gasteiger partial charge in [-0.15, -0.1) is 0 Å². The Balaban J connectivity index is 2.52. The third kappa shape index (κ3) is 1.74. The van der Waals surface area contributed by atoms with Gasteiger partial charge in [0.1, 0.15) is 7.05 Å². The number of benzene rings is 1. The van der Waals surface area contributed by atoms with Gasteiger partial charge in [0.2, 0.25) is 0 Å². The maximum absolute atomic E-state index is 11.3. The van der Waals surface area contributed by atoms with E-state index in [0.717, 1.165) is 11.1 Å². The summed E-state index contributed by atoms with van der Waals surface area (Å²) < 4.78 is 1.78. The fourth-order valence-corrected chi connectivity index (χ4v) is 1.47. The third-order valence-electron chi connectivity index (χ3n) is 2.08. The molecule has 0 aliphatic heterocycles. The highest BCUT2D eigenvalue weighted by Gasteiger charge is 2.00. The van der Waals surface area contributed by atoms with Gasteiger partial charge in [-0.1, -0.05) is 36.4 Å². The third-order valence-corrected chi connectivity index (χ3v) is 2.08. The SMILES string of the molecule is C[n+]1cc([O-])cc(-c2ccccc2)c1. The number of aromatic nitrogens is 1. The number of nitrogens with zero attached hydrogens (tertiary/aromatic N) is 1.